The molecule has 1 aromatic heterocycles. The average molecular weight is 332 g/mol. The van der Waals surface area contributed by atoms with E-state index in [1.165, 1.54) is 11.8 Å². The minimum Gasteiger partial charge on any atom is -0.374 e. The molecule has 120 valence electrons. The first-order chi connectivity index (χ1) is 11.1. The Bertz CT molecular complexity index is 745. The summed E-state index contributed by atoms with van der Waals surface area (Å²) in [6.45, 7) is 0.760. The Morgan fingerprint density at radius 1 is 1.43 bits per heavy atom. The largest absolute Gasteiger partial charge is 0.374 e. The zero-order chi connectivity index (χ0) is 16.2. The van der Waals surface area contributed by atoms with Gasteiger partial charge in [0.15, 0.2) is 5.16 Å². The first kappa shape index (κ1) is 15.3. The van der Waals surface area contributed by atoms with Gasteiger partial charge >= 0.3 is 0 Å². The number of anilines is 2. The number of carbonyl (C=O) groups is 2. The van der Waals surface area contributed by atoms with Crippen molar-refractivity contribution in [3.63, 3.8) is 0 Å². The predicted octanol–water partition coefficient (Wildman–Crippen LogP) is 0.701. The van der Waals surface area contributed by atoms with Crippen molar-refractivity contribution in [2.24, 2.45) is 7.05 Å². The summed E-state index contributed by atoms with van der Waals surface area (Å²) in [5.74, 6) is 0.405. The molecular formula is C14H16N6O2S. The van der Waals surface area contributed by atoms with Gasteiger partial charge in [-0.3, -0.25) is 9.59 Å². The minimum absolute atomic E-state index is 0.116. The number of amides is 2. The Kier molecular flexibility index (Phi) is 4.47. The molecule has 0 bridgehead atoms. The summed E-state index contributed by atoms with van der Waals surface area (Å²) in [6, 6.07) is 5.19. The summed E-state index contributed by atoms with van der Waals surface area (Å²) < 4.78 is 1.83. The molecule has 8 nitrogen and oxygen atoms in total. The summed E-state index contributed by atoms with van der Waals surface area (Å²) in [5, 5.41) is 17.1. The first-order valence-corrected chi connectivity index (χ1v) is 8.05. The van der Waals surface area contributed by atoms with Crippen molar-refractivity contribution < 1.29 is 9.59 Å². The van der Waals surface area contributed by atoms with Gasteiger partial charge in [0, 0.05) is 24.9 Å². The van der Waals surface area contributed by atoms with Gasteiger partial charge in [-0.15, -0.1) is 10.2 Å². The van der Waals surface area contributed by atoms with Crippen molar-refractivity contribution in [2.45, 2.75) is 5.16 Å². The molecule has 0 saturated heterocycles. The van der Waals surface area contributed by atoms with Crippen LogP contribution in [0.4, 0.5) is 11.4 Å². The SMILES string of the molecule is Cn1cnnc1SCCNC(=O)c1ccc2c(c1)NC(=O)CN2. The van der Waals surface area contributed by atoms with Crippen LogP contribution in [0.2, 0.25) is 0 Å². The quantitative estimate of drug-likeness (QED) is 0.550. The maximum absolute atomic E-state index is 12.2. The van der Waals surface area contributed by atoms with E-state index in [9.17, 15) is 9.59 Å². The zero-order valence-corrected chi connectivity index (χ0v) is 13.3. The Morgan fingerprint density at radius 2 is 2.30 bits per heavy atom. The summed E-state index contributed by atoms with van der Waals surface area (Å²) in [4.78, 5) is 23.5. The lowest BCUT2D eigenvalue weighted by Crippen LogP contribution is -2.29. The molecular weight excluding hydrogens is 316 g/mol. The van der Waals surface area contributed by atoms with E-state index in [-0.39, 0.29) is 18.4 Å². The number of fused-ring (bicyclic) bond motifs is 1. The number of hydrogen-bond acceptors (Lipinski definition) is 6. The molecule has 0 fully saturated rings. The Balaban J connectivity index is 1.53. The highest BCUT2D eigenvalue weighted by molar-refractivity contribution is 7.99. The molecule has 1 aliphatic rings. The van der Waals surface area contributed by atoms with Gasteiger partial charge in [0.05, 0.1) is 17.9 Å². The first-order valence-electron chi connectivity index (χ1n) is 7.06. The second kappa shape index (κ2) is 6.69. The molecule has 2 amide bonds. The lowest BCUT2D eigenvalue weighted by Gasteiger charge is -2.19. The van der Waals surface area contributed by atoms with Crippen molar-refractivity contribution in [3.05, 3.63) is 30.1 Å². The van der Waals surface area contributed by atoms with Gasteiger partial charge in [0.25, 0.3) is 5.91 Å². The molecule has 1 aromatic carbocycles. The standard InChI is InChI=1S/C14H16N6O2S/c1-20-8-17-19-14(20)23-5-4-15-13(22)9-2-3-10-11(6-9)18-12(21)7-16-10/h2-3,6,8,16H,4-5,7H2,1H3,(H,15,22)(H,18,21). The van der Waals surface area contributed by atoms with Gasteiger partial charge in [0.1, 0.15) is 6.33 Å². The molecule has 0 spiro atoms. The van der Waals surface area contributed by atoms with Crippen LogP contribution >= 0.6 is 11.8 Å². The number of thioether (sulfide) groups is 1. The fourth-order valence-corrected chi connectivity index (χ4v) is 2.87. The molecule has 0 saturated carbocycles. The highest BCUT2D eigenvalue weighted by Crippen LogP contribution is 2.25. The number of benzene rings is 1. The highest BCUT2D eigenvalue weighted by Gasteiger charge is 2.16. The smallest absolute Gasteiger partial charge is 0.251 e. The van der Waals surface area contributed by atoms with Crippen molar-refractivity contribution >= 4 is 35.0 Å². The summed E-state index contributed by atoms with van der Waals surface area (Å²) in [5.41, 5.74) is 1.96. The van der Waals surface area contributed by atoms with Crippen molar-refractivity contribution in [1.29, 1.82) is 0 Å². The second-order valence-corrected chi connectivity index (χ2v) is 6.05. The molecule has 0 radical (unpaired) electrons. The fraction of sp³-hybridized carbons (Fsp3) is 0.286. The van der Waals surface area contributed by atoms with Crippen LogP contribution in [0.5, 0.6) is 0 Å². The van der Waals surface area contributed by atoms with E-state index in [0.29, 0.717) is 23.5 Å². The zero-order valence-electron chi connectivity index (χ0n) is 12.5. The van der Waals surface area contributed by atoms with Gasteiger partial charge < -0.3 is 20.5 Å². The van der Waals surface area contributed by atoms with Crippen LogP contribution in [-0.4, -0.2) is 45.4 Å². The number of nitrogens with one attached hydrogen (secondary N) is 3. The van der Waals surface area contributed by atoms with E-state index in [4.69, 9.17) is 0 Å². The highest BCUT2D eigenvalue weighted by atomic mass is 32.2. The third-order valence-corrected chi connectivity index (χ3v) is 4.32. The summed E-state index contributed by atoms with van der Waals surface area (Å²) in [7, 11) is 1.87. The maximum Gasteiger partial charge on any atom is 0.251 e. The molecule has 2 aromatic rings. The van der Waals surface area contributed by atoms with Gasteiger partial charge in [0.2, 0.25) is 5.91 Å². The molecule has 3 N–H and O–H groups in total. The molecule has 0 unspecified atom stereocenters. The molecule has 0 atom stereocenters. The van der Waals surface area contributed by atoms with Crippen LogP contribution in [0.3, 0.4) is 0 Å². The molecule has 3 rings (SSSR count). The molecule has 23 heavy (non-hydrogen) atoms. The minimum atomic E-state index is -0.175. The van der Waals surface area contributed by atoms with E-state index in [2.05, 4.69) is 26.1 Å². The number of hydrogen-bond donors (Lipinski definition) is 3. The van der Waals surface area contributed by atoms with Crippen LogP contribution in [0, 0.1) is 0 Å². The van der Waals surface area contributed by atoms with Crippen LogP contribution in [0.25, 0.3) is 0 Å². The number of nitrogens with zero attached hydrogens (tertiary/aromatic N) is 3. The van der Waals surface area contributed by atoms with E-state index in [1.54, 1.807) is 24.5 Å². The second-order valence-electron chi connectivity index (χ2n) is 4.99. The van der Waals surface area contributed by atoms with Crippen LogP contribution < -0.4 is 16.0 Å². The van der Waals surface area contributed by atoms with Gasteiger partial charge in [-0.25, -0.2) is 0 Å². The normalized spacial score (nSPS) is 13.0. The lowest BCUT2D eigenvalue weighted by atomic mass is 10.1. The third kappa shape index (κ3) is 3.62. The number of aromatic nitrogens is 3. The third-order valence-electron chi connectivity index (χ3n) is 3.28. The monoisotopic (exact) mass is 332 g/mol. The van der Waals surface area contributed by atoms with Crippen molar-refractivity contribution in [2.75, 3.05) is 29.5 Å². The molecule has 0 aliphatic carbocycles. The number of aryl methyl sites for hydroxylation is 1. The molecule has 2 heterocycles. The lowest BCUT2D eigenvalue weighted by molar-refractivity contribution is -0.114. The van der Waals surface area contributed by atoms with Gasteiger partial charge in [-0.05, 0) is 18.2 Å². The Labute approximate surface area is 137 Å². The van der Waals surface area contributed by atoms with Crippen LogP contribution in [-0.2, 0) is 11.8 Å². The van der Waals surface area contributed by atoms with E-state index >= 15 is 0 Å². The van der Waals surface area contributed by atoms with E-state index < -0.39 is 0 Å². The van der Waals surface area contributed by atoms with Crippen LogP contribution in [0.15, 0.2) is 29.7 Å². The number of carbonyl (C=O) groups excluding carboxylic acids is 2. The predicted molar refractivity (Wildman–Crippen MR) is 87.6 cm³/mol. The molecule has 1 aliphatic heterocycles. The van der Waals surface area contributed by atoms with Crippen molar-refractivity contribution in [1.82, 2.24) is 20.1 Å². The number of rotatable bonds is 5. The Morgan fingerprint density at radius 3 is 3.09 bits per heavy atom. The summed E-state index contributed by atoms with van der Waals surface area (Å²) >= 11 is 1.52. The molecule has 9 heteroatoms. The average Bonchev–Trinajstić information content (AvgIpc) is 2.95. The van der Waals surface area contributed by atoms with Gasteiger partial charge in [-0.1, -0.05) is 11.8 Å². The maximum atomic E-state index is 12.2. The fourth-order valence-electron chi connectivity index (χ4n) is 2.13. The topological polar surface area (TPSA) is 101 Å². The summed E-state index contributed by atoms with van der Waals surface area (Å²) in [6.07, 6.45) is 1.64. The van der Waals surface area contributed by atoms with Gasteiger partial charge in [-0.2, -0.15) is 0 Å². The van der Waals surface area contributed by atoms with Crippen LogP contribution in [0.1, 0.15) is 10.4 Å². The van der Waals surface area contributed by atoms with Crippen molar-refractivity contribution in [3.8, 4) is 0 Å². The van der Waals surface area contributed by atoms with E-state index in [0.717, 1.165) is 10.8 Å². The van der Waals surface area contributed by atoms with E-state index in [1.807, 2.05) is 11.6 Å². The Hall–Kier alpha value is -2.55.